The fourth-order valence-electron chi connectivity index (χ4n) is 1.89. The second kappa shape index (κ2) is 5.52. The van der Waals surface area contributed by atoms with Crippen LogP contribution in [-0.4, -0.2) is 29.6 Å². The summed E-state index contributed by atoms with van der Waals surface area (Å²) in [5.41, 5.74) is 0. The molecule has 4 nitrogen and oxygen atoms in total. The molecule has 14 heavy (non-hydrogen) atoms. The van der Waals surface area contributed by atoms with Crippen LogP contribution in [0.15, 0.2) is 4.99 Å². The van der Waals surface area contributed by atoms with E-state index in [-0.39, 0.29) is 5.92 Å². The summed E-state index contributed by atoms with van der Waals surface area (Å²) < 4.78 is 0. The normalized spacial score (nSPS) is 20.9. The van der Waals surface area contributed by atoms with Crippen molar-refractivity contribution >= 4 is 18.5 Å². The number of carbonyl (C=O) groups is 2. The van der Waals surface area contributed by atoms with Crippen LogP contribution in [0, 0.1) is 5.92 Å². The van der Waals surface area contributed by atoms with Gasteiger partial charge in [0.25, 0.3) is 0 Å². The lowest BCUT2D eigenvalue weighted by atomic mass is 9.85. The number of nitrogens with zero attached hydrogens (tertiary/aromatic N) is 1. The predicted octanol–water partition coefficient (Wildman–Crippen LogP) is 1.29. The number of hydrogen-bond acceptors (Lipinski definition) is 3. The molecule has 1 atom stereocenters. The Balaban J connectivity index is 2.51. The molecule has 1 fully saturated rings. The zero-order chi connectivity index (χ0) is 10.4. The standard InChI is InChI=1S/C10H15NO3/c12-7-9(11-6-10(13)14)8-4-2-1-3-5-8/h6-9H,1-5H2,(H,13,14)/t9-/m1/s1. The Hall–Kier alpha value is -1.19. The summed E-state index contributed by atoms with van der Waals surface area (Å²) in [4.78, 5) is 24.7. The lowest BCUT2D eigenvalue weighted by molar-refractivity contribution is -0.128. The van der Waals surface area contributed by atoms with Gasteiger partial charge in [-0.05, 0) is 18.8 Å². The van der Waals surface area contributed by atoms with Gasteiger partial charge in [0.2, 0.25) is 0 Å². The van der Waals surface area contributed by atoms with Crippen LogP contribution in [0.2, 0.25) is 0 Å². The third-order valence-corrected chi connectivity index (χ3v) is 2.63. The van der Waals surface area contributed by atoms with Gasteiger partial charge in [-0.1, -0.05) is 19.3 Å². The Morgan fingerprint density at radius 3 is 2.50 bits per heavy atom. The third kappa shape index (κ3) is 3.28. The molecule has 0 aromatic rings. The second-order valence-electron chi connectivity index (χ2n) is 3.64. The Kier molecular flexibility index (Phi) is 4.29. The zero-order valence-electron chi connectivity index (χ0n) is 8.06. The maximum atomic E-state index is 10.7. The molecule has 1 aliphatic carbocycles. The maximum absolute atomic E-state index is 10.7. The summed E-state index contributed by atoms with van der Waals surface area (Å²) in [6, 6.07) is -0.452. The second-order valence-corrected chi connectivity index (χ2v) is 3.64. The molecule has 1 N–H and O–H groups in total. The zero-order valence-corrected chi connectivity index (χ0v) is 8.06. The molecule has 0 saturated heterocycles. The molecule has 78 valence electrons. The summed E-state index contributed by atoms with van der Waals surface area (Å²) in [7, 11) is 0. The quantitative estimate of drug-likeness (QED) is 0.545. The van der Waals surface area contributed by atoms with Crippen molar-refractivity contribution < 1.29 is 14.7 Å². The van der Waals surface area contributed by atoms with Gasteiger partial charge < -0.3 is 9.90 Å². The lowest BCUT2D eigenvalue weighted by Crippen LogP contribution is -2.23. The molecular weight excluding hydrogens is 182 g/mol. The molecule has 1 saturated carbocycles. The van der Waals surface area contributed by atoms with Crippen molar-refractivity contribution in [1.29, 1.82) is 0 Å². The minimum absolute atomic E-state index is 0.247. The highest BCUT2D eigenvalue weighted by atomic mass is 16.4. The molecule has 4 heteroatoms. The molecule has 0 heterocycles. The van der Waals surface area contributed by atoms with Gasteiger partial charge in [0.1, 0.15) is 18.5 Å². The van der Waals surface area contributed by atoms with Crippen molar-refractivity contribution in [2.45, 2.75) is 38.1 Å². The summed E-state index contributed by atoms with van der Waals surface area (Å²) in [5, 5.41) is 8.39. The van der Waals surface area contributed by atoms with Gasteiger partial charge in [-0.3, -0.25) is 4.99 Å². The lowest BCUT2D eigenvalue weighted by Gasteiger charge is -2.23. The minimum Gasteiger partial charge on any atom is -0.477 e. The molecule has 0 bridgehead atoms. The van der Waals surface area contributed by atoms with Crippen LogP contribution in [0.5, 0.6) is 0 Å². The van der Waals surface area contributed by atoms with E-state index in [4.69, 9.17) is 5.11 Å². The van der Waals surface area contributed by atoms with Gasteiger partial charge in [-0.25, -0.2) is 4.79 Å². The average Bonchev–Trinajstić information content (AvgIpc) is 2.20. The van der Waals surface area contributed by atoms with Crippen LogP contribution in [0.4, 0.5) is 0 Å². The first kappa shape index (κ1) is 10.9. The van der Waals surface area contributed by atoms with Crippen LogP contribution in [0.25, 0.3) is 0 Å². The Morgan fingerprint density at radius 2 is 2.00 bits per heavy atom. The number of carbonyl (C=O) groups excluding carboxylic acids is 1. The van der Waals surface area contributed by atoms with Crippen molar-refractivity contribution in [2.75, 3.05) is 0 Å². The minimum atomic E-state index is -1.09. The molecule has 0 aliphatic heterocycles. The number of hydrogen-bond donors (Lipinski definition) is 1. The summed E-state index contributed by atoms with van der Waals surface area (Å²) >= 11 is 0. The van der Waals surface area contributed by atoms with Crippen LogP contribution >= 0.6 is 0 Å². The SMILES string of the molecule is O=C[C@@H](N=CC(=O)O)C1CCCCC1. The average molecular weight is 197 g/mol. The van der Waals surface area contributed by atoms with E-state index in [0.29, 0.717) is 0 Å². The Bertz CT molecular complexity index is 232. The number of aldehydes is 1. The molecule has 1 rings (SSSR count). The van der Waals surface area contributed by atoms with Crippen LogP contribution in [-0.2, 0) is 9.59 Å². The highest BCUT2D eigenvalue weighted by Gasteiger charge is 2.22. The maximum Gasteiger partial charge on any atom is 0.346 e. The number of aliphatic carboxylic acids is 1. The van der Waals surface area contributed by atoms with E-state index in [2.05, 4.69) is 4.99 Å². The molecular formula is C10H15NO3. The van der Waals surface area contributed by atoms with Crippen molar-refractivity contribution in [1.82, 2.24) is 0 Å². The molecule has 0 radical (unpaired) electrons. The van der Waals surface area contributed by atoms with Gasteiger partial charge in [-0.15, -0.1) is 0 Å². The molecule has 0 aromatic carbocycles. The van der Waals surface area contributed by atoms with Gasteiger partial charge in [0.05, 0.1) is 0 Å². The first-order valence-electron chi connectivity index (χ1n) is 4.95. The highest BCUT2D eigenvalue weighted by Crippen LogP contribution is 2.27. The van der Waals surface area contributed by atoms with Crippen molar-refractivity contribution in [3.63, 3.8) is 0 Å². The molecule has 0 spiro atoms. The first-order valence-corrected chi connectivity index (χ1v) is 4.95. The molecule has 0 aromatic heterocycles. The van der Waals surface area contributed by atoms with E-state index >= 15 is 0 Å². The largest absolute Gasteiger partial charge is 0.477 e. The van der Waals surface area contributed by atoms with Crippen LogP contribution < -0.4 is 0 Å². The van der Waals surface area contributed by atoms with E-state index in [1.807, 2.05) is 0 Å². The van der Waals surface area contributed by atoms with Crippen molar-refractivity contribution in [3.05, 3.63) is 0 Å². The topological polar surface area (TPSA) is 66.7 Å². The van der Waals surface area contributed by atoms with E-state index in [1.165, 1.54) is 6.42 Å². The predicted molar refractivity (Wildman–Crippen MR) is 52.6 cm³/mol. The first-order chi connectivity index (χ1) is 6.74. The summed E-state index contributed by atoms with van der Waals surface area (Å²) in [6.07, 6.45) is 7.02. The Morgan fingerprint density at radius 1 is 1.36 bits per heavy atom. The Labute approximate surface area is 83.0 Å². The fourth-order valence-corrected chi connectivity index (χ4v) is 1.89. The number of carboxylic acid groups (broad SMARTS) is 1. The highest BCUT2D eigenvalue weighted by molar-refractivity contribution is 6.22. The smallest absolute Gasteiger partial charge is 0.346 e. The van der Waals surface area contributed by atoms with Crippen molar-refractivity contribution in [2.24, 2.45) is 10.9 Å². The van der Waals surface area contributed by atoms with E-state index in [9.17, 15) is 9.59 Å². The molecule has 1 aliphatic rings. The van der Waals surface area contributed by atoms with E-state index < -0.39 is 12.0 Å². The third-order valence-electron chi connectivity index (χ3n) is 2.63. The number of rotatable bonds is 4. The monoisotopic (exact) mass is 197 g/mol. The number of carboxylic acids is 1. The van der Waals surface area contributed by atoms with Crippen molar-refractivity contribution in [3.8, 4) is 0 Å². The van der Waals surface area contributed by atoms with Gasteiger partial charge in [0.15, 0.2) is 0 Å². The van der Waals surface area contributed by atoms with Gasteiger partial charge >= 0.3 is 5.97 Å². The van der Waals surface area contributed by atoms with Crippen LogP contribution in [0.3, 0.4) is 0 Å². The number of aliphatic imine (C=N–C) groups is 1. The van der Waals surface area contributed by atoms with Gasteiger partial charge in [-0.2, -0.15) is 0 Å². The van der Waals surface area contributed by atoms with E-state index in [0.717, 1.165) is 38.2 Å². The molecule has 0 unspecified atom stereocenters. The molecule has 0 amide bonds. The summed E-state index contributed by atoms with van der Waals surface area (Å²) in [5.74, 6) is -0.843. The van der Waals surface area contributed by atoms with Gasteiger partial charge in [0, 0.05) is 0 Å². The fraction of sp³-hybridized carbons (Fsp3) is 0.700. The van der Waals surface area contributed by atoms with E-state index in [1.54, 1.807) is 0 Å². The summed E-state index contributed by atoms with van der Waals surface area (Å²) in [6.45, 7) is 0. The van der Waals surface area contributed by atoms with Crippen LogP contribution in [0.1, 0.15) is 32.1 Å².